The van der Waals surface area contributed by atoms with Crippen LogP contribution in [0, 0.1) is 6.92 Å². The van der Waals surface area contributed by atoms with E-state index in [2.05, 4.69) is 20.6 Å². The summed E-state index contributed by atoms with van der Waals surface area (Å²) in [6.07, 6.45) is 5.19. The molecule has 0 saturated heterocycles. The van der Waals surface area contributed by atoms with Crippen LogP contribution in [0.4, 0.5) is 5.69 Å². The van der Waals surface area contributed by atoms with Crippen LogP contribution < -0.4 is 10.1 Å². The summed E-state index contributed by atoms with van der Waals surface area (Å²) in [6, 6.07) is 14.9. The second-order valence-electron chi connectivity index (χ2n) is 7.89. The highest BCUT2D eigenvalue weighted by atomic mass is 16.5. The summed E-state index contributed by atoms with van der Waals surface area (Å²) in [4.78, 5) is 17.3. The van der Waals surface area contributed by atoms with Gasteiger partial charge in [-0.2, -0.15) is 10.1 Å². The third-order valence-corrected chi connectivity index (χ3v) is 5.78. The highest BCUT2D eigenvalue weighted by Crippen LogP contribution is 2.36. The SMILES string of the molecule is COc1ccc(NC(=O)c2cn(-c3ccc(-c4noc(C5CCC5)n4)cc3)nc2C)cc1. The number of anilines is 1. The highest BCUT2D eigenvalue weighted by molar-refractivity contribution is 6.04. The van der Waals surface area contributed by atoms with E-state index in [1.165, 1.54) is 6.42 Å². The lowest BCUT2D eigenvalue weighted by Gasteiger charge is -2.20. The van der Waals surface area contributed by atoms with Gasteiger partial charge in [0.15, 0.2) is 0 Å². The molecule has 1 fully saturated rings. The van der Waals surface area contributed by atoms with Crippen LogP contribution in [0.1, 0.15) is 47.1 Å². The first-order valence-electron chi connectivity index (χ1n) is 10.6. The average molecular weight is 429 g/mol. The number of ether oxygens (including phenoxy) is 1. The first-order valence-corrected chi connectivity index (χ1v) is 10.6. The molecule has 0 atom stereocenters. The molecule has 2 aromatic carbocycles. The number of amides is 1. The van der Waals surface area contributed by atoms with Gasteiger partial charge in [0.05, 0.1) is 24.1 Å². The highest BCUT2D eigenvalue weighted by Gasteiger charge is 2.25. The van der Waals surface area contributed by atoms with Gasteiger partial charge in [-0.05, 0) is 68.3 Å². The molecule has 32 heavy (non-hydrogen) atoms. The molecular formula is C24H23N5O3. The fourth-order valence-electron chi connectivity index (χ4n) is 3.62. The van der Waals surface area contributed by atoms with Crippen LogP contribution in [0.5, 0.6) is 5.75 Å². The first kappa shape index (κ1) is 20.0. The number of aromatic nitrogens is 4. The number of hydrogen-bond acceptors (Lipinski definition) is 6. The summed E-state index contributed by atoms with van der Waals surface area (Å²) in [6.45, 7) is 1.81. The van der Waals surface area contributed by atoms with E-state index in [1.807, 2.05) is 31.2 Å². The van der Waals surface area contributed by atoms with Crippen molar-refractivity contribution in [2.75, 3.05) is 12.4 Å². The van der Waals surface area contributed by atoms with Crippen LogP contribution >= 0.6 is 0 Å². The molecule has 0 spiro atoms. The number of nitrogens with one attached hydrogen (secondary N) is 1. The number of benzene rings is 2. The summed E-state index contributed by atoms with van der Waals surface area (Å²) < 4.78 is 12.3. The Bertz CT molecular complexity index is 1240. The number of nitrogens with zero attached hydrogens (tertiary/aromatic N) is 4. The average Bonchev–Trinajstić information content (AvgIpc) is 3.40. The molecule has 0 unspecified atom stereocenters. The largest absolute Gasteiger partial charge is 0.497 e. The Morgan fingerprint density at radius 1 is 1.12 bits per heavy atom. The van der Waals surface area contributed by atoms with Crippen LogP contribution in [-0.4, -0.2) is 32.9 Å². The van der Waals surface area contributed by atoms with Gasteiger partial charge in [0.2, 0.25) is 11.7 Å². The van der Waals surface area contributed by atoms with Crippen molar-refractivity contribution in [1.82, 2.24) is 19.9 Å². The monoisotopic (exact) mass is 429 g/mol. The van der Waals surface area contributed by atoms with Gasteiger partial charge in [-0.3, -0.25) is 4.79 Å². The molecule has 1 saturated carbocycles. The molecule has 0 radical (unpaired) electrons. The Morgan fingerprint density at radius 2 is 1.88 bits per heavy atom. The molecule has 4 aromatic rings. The number of carbonyl (C=O) groups is 1. The lowest BCUT2D eigenvalue weighted by Crippen LogP contribution is -2.12. The normalized spacial score (nSPS) is 13.6. The first-order chi connectivity index (χ1) is 15.6. The summed E-state index contributed by atoms with van der Waals surface area (Å²) in [5, 5.41) is 11.5. The van der Waals surface area contributed by atoms with Crippen molar-refractivity contribution in [3.05, 3.63) is 71.9 Å². The number of methoxy groups -OCH3 is 1. The second kappa shape index (κ2) is 8.30. The number of carbonyl (C=O) groups excluding carboxylic acids is 1. The van der Waals surface area contributed by atoms with E-state index in [1.54, 1.807) is 42.3 Å². The van der Waals surface area contributed by atoms with Gasteiger partial charge in [0.25, 0.3) is 5.91 Å². The Balaban J connectivity index is 1.31. The number of aryl methyl sites for hydroxylation is 1. The quantitative estimate of drug-likeness (QED) is 0.475. The van der Waals surface area contributed by atoms with Crippen molar-refractivity contribution in [3.63, 3.8) is 0 Å². The van der Waals surface area contributed by atoms with E-state index >= 15 is 0 Å². The van der Waals surface area contributed by atoms with Crippen molar-refractivity contribution in [2.45, 2.75) is 32.1 Å². The van der Waals surface area contributed by atoms with Gasteiger partial charge in [-0.1, -0.05) is 11.6 Å². The molecule has 2 heterocycles. The van der Waals surface area contributed by atoms with Crippen molar-refractivity contribution in [1.29, 1.82) is 0 Å². The van der Waals surface area contributed by atoms with E-state index in [-0.39, 0.29) is 5.91 Å². The standard InChI is InChI=1S/C24H23N5O3/c1-15-21(23(30)25-18-8-12-20(31-2)13-9-18)14-29(27-15)19-10-6-16(7-11-19)22-26-24(32-28-22)17-4-3-5-17/h6-14,17H,3-5H2,1-2H3,(H,25,30). The van der Waals surface area contributed by atoms with E-state index in [9.17, 15) is 4.79 Å². The topological polar surface area (TPSA) is 95.1 Å². The van der Waals surface area contributed by atoms with Crippen LogP contribution in [0.2, 0.25) is 0 Å². The molecule has 8 heteroatoms. The second-order valence-corrected chi connectivity index (χ2v) is 7.89. The zero-order valence-electron chi connectivity index (χ0n) is 17.9. The molecule has 0 aliphatic heterocycles. The van der Waals surface area contributed by atoms with Gasteiger partial charge in [-0.15, -0.1) is 0 Å². The van der Waals surface area contributed by atoms with Crippen LogP contribution in [0.3, 0.4) is 0 Å². The molecular weight excluding hydrogens is 406 g/mol. The van der Waals surface area contributed by atoms with Crippen LogP contribution in [0.25, 0.3) is 17.1 Å². The maximum Gasteiger partial charge on any atom is 0.259 e. The van der Waals surface area contributed by atoms with Gasteiger partial charge in [0, 0.05) is 23.4 Å². The molecule has 2 aromatic heterocycles. The minimum absolute atomic E-state index is 0.217. The Kier molecular flexibility index (Phi) is 5.18. The van der Waals surface area contributed by atoms with Crippen molar-refractivity contribution >= 4 is 11.6 Å². The summed E-state index contributed by atoms with van der Waals surface area (Å²) in [7, 11) is 1.60. The third-order valence-electron chi connectivity index (χ3n) is 5.78. The van der Waals surface area contributed by atoms with E-state index in [0.717, 1.165) is 35.7 Å². The van der Waals surface area contributed by atoms with Gasteiger partial charge in [0.1, 0.15) is 5.75 Å². The smallest absolute Gasteiger partial charge is 0.259 e. The van der Waals surface area contributed by atoms with Crippen LogP contribution in [-0.2, 0) is 0 Å². The van der Waals surface area contributed by atoms with E-state index in [4.69, 9.17) is 9.26 Å². The molecule has 8 nitrogen and oxygen atoms in total. The van der Waals surface area contributed by atoms with Gasteiger partial charge < -0.3 is 14.6 Å². The van der Waals surface area contributed by atoms with E-state index in [0.29, 0.717) is 28.7 Å². The lowest BCUT2D eigenvalue weighted by molar-refractivity contribution is 0.102. The molecule has 5 rings (SSSR count). The summed E-state index contributed by atoms with van der Waals surface area (Å²) in [5.74, 6) is 2.24. The zero-order valence-corrected chi connectivity index (χ0v) is 17.9. The molecule has 162 valence electrons. The molecule has 1 aliphatic carbocycles. The Hall–Kier alpha value is -3.94. The van der Waals surface area contributed by atoms with Crippen molar-refractivity contribution in [3.8, 4) is 22.8 Å². The van der Waals surface area contributed by atoms with Gasteiger partial charge in [-0.25, -0.2) is 4.68 Å². The minimum atomic E-state index is -0.217. The Morgan fingerprint density at radius 3 is 2.53 bits per heavy atom. The van der Waals surface area contributed by atoms with Crippen molar-refractivity contribution in [2.24, 2.45) is 0 Å². The van der Waals surface area contributed by atoms with E-state index < -0.39 is 0 Å². The number of rotatable bonds is 6. The van der Waals surface area contributed by atoms with Crippen molar-refractivity contribution < 1.29 is 14.1 Å². The predicted octanol–water partition coefficient (Wildman–Crippen LogP) is 4.76. The minimum Gasteiger partial charge on any atom is -0.497 e. The fraction of sp³-hybridized carbons (Fsp3) is 0.250. The molecule has 1 aliphatic rings. The molecule has 1 N–H and O–H groups in total. The maximum atomic E-state index is 12.7. The van der Waals surface area contributed by atoms with Gasteiger partial charge >= 0.3 is 0 Å². The van der Waals surface area contributed by atoms with Crippen LogP contribution in [0.15, 0.2) is 59.3 Å². The zero-order chi connectivity index (χ0) is 22.1. The molecule has 0 bridgehead atoms. The third kappa shape index (κ3) is 3.87. The lowest BCUT2D eigenvalue weighted by atomic mass is 9.85. The summed E-state index contributed by atoms with van der Waals surface area (Å²) >= 11 is 0. The maximum absolute atomic E-state index is 12.7. The molecule has 1 amide bonds. The fourth-order valence-corrected chi connectivity index (χ4v) is 3.62. The Labute approximate surface area is 185 Å². The summed E-state index contributed by atoms with van der Waals surface area (Å²) in [5.41, 5.74) is 3.55. The number of hydrogen-bond donors (Lipinski definition) is 1. The predicted molar refractivity (Wildman–Crippen MR) is 119 cm³/mol.